The van der Waals surface area contributed by atoms with E-state index in [0.29, 0.717) is 5.56 Å². The summed E-state index contributed by atoms with van der Waals surface area (Å²) in [7, 11) is 0. The molecule has 0 saturated carbocycles. The van der Waals surface area contributed by atoms with Crippen LogP contribution >= 0.6 is 11.8 Å². The highest BCUT2D eigenvalue weighted by atomic mass is 32.2. The van der Waals surface area contributed by atoms with Crippen molar-refractivity contribution in [1.82, 2.24) is 0 Å². The van der Waals surface area contributed by atoms with E-state index < -0.39 is 5.82 Å². The molecule has 0 saturated heterocycles. The lowest BCUT2D eigenvalue weighted by atomic mass is 10.1. The van der Waals surface area contributed by atoms with E-state index in [0.717, 1.165) is 17.8 Å². The molecule has 0 bridgehead atoms. The van der Waals surface area contributed by atoms with Crippen LogP contribution in [0.3, 0.4) is 0 Å². The lowest BCUT2D eigenvalue weighted by Gasteiger charge is -2.02. The lowest BCUT2D eigenvalue weighted by Crippen LogP contribution is -2.23. The van der Waals surface area contributed by atoms with Crippen molar-refractivity contribution in [3.05, 3.63) is 35.1 Å². The molecule has 0 aliphatic rings. The van der Waals surface area contributed by atoms with Crippen molar-refractivity contribution in [2.75, 3.05) is 0 Å². The molecule has 0 radical (unpaired) electrons. The zero-order chi connectivity index (χ0) is 12.8. The van der Waals surface area contributed by atoms with Crippen LogP contribution in [-0.4, -0.2) is 11.1 Å². The molecule has 0 heterocycles. The highest BCUT2D eigenvalue weighted by molar-refractivity contribution is 8.13. The van der Waals surface area contributed by atoms with Crippen molar-refractivity contribution in [3.8, 4) is 6.07 Å². The Bertz CT molecular complexity index is 502. The van der Waals surface area contributed by atoms with E-state index in [4.69, 9.17) is 22.1 Å². The van der Waals surface area contributed by atoms with Crippen LogP contribution in [0.5, 0.6) is 0 Å². The quantitative estimate of drug-likeness (QED) is 0.540. The number of amidine groups is 1. The number of rotatable bonds is 2. The van der Waals surface area contributed by atoms with E-state index >= 15 is 0 Å². The maximum Gasteiger partial charge on any atom is 0.193 e. The lowest BCUT2D eigenvalue weighted by molar-refractivity contribution is 0.617. The third-order valence-electron chi connectivity index (χ3n) is 1.78. The van der Waals surface area contributed by atoms with Gasteiger partial charge in [0.05, 0.1) is 11.6 Å². The number of nitrogens with two attached hydrogens (primary N) is 2. The van der Waals surface area contributed by atoms with Gasteiger partial charge in [0, 0.05) is 5.75 Å². The third-order valence-corrected chi connectivity index (χ3v) is 2.60. The summed E-state index contributed by atoms with van der Waals surface area (Å²) >= 11 is 0.998. The molecule has 0 aliphatic heterocycles. The SMILES string of the molecule is N#Cc1ccc(CSC(=N)N=C(N)N)c(F)c1. The Labute approximate surface area is 102 Å². The van der Waals surface area contributed by atoms with Crippen LogP contribution in [0.4, 0.5) is 4.39 Å². The molecule has 0 aromatic heterocycles. The molecule has 5 nitrogen and oxygen atoms in total. The Morgan fingerprint density at radius 3 is 2.76 bits per heavy atom. The molecule has 0 amide bonds. The van der Waals surface area contributed by atoms with Crippen LogP contribution in [0.25, 0.3) is 0 Å². The first-order valence-corrected chi connectivity index (χ1v) is 5.51. The number of nitrogens with one attached hydrogen (secondary N) is 1. The molecule has 17 heavy (non-hydrogen) atoms. The standard InChI is InChI=1S/C10H10FN5S/c11-8-3-6(4-12)1-2-7(8)5-17-10(15)16-9(13)14/h1-3H,5H2,(H5,13,14,15,16). The van der Waals surface area contributed by atoms with Gasteiger partial charge in [-0.1, -0.05) is 17.8 Å². The van der Waals surface area contributed by atoms with Crippen molar-refractivity contribution in [2.45, 2.75) is 5.75 Å². The van der Waals surface area contributed by atoms with Crippen molar-refractivity contribution in [3.63, 3.8) is 0 Å². The number of hydrogen-bond donors (Lipinski definition) is 3. The first-order chi connectivity index (χ1) is 8.02. The van der Waals surface area contributed by atoms with Crippen LogP contribution in [0.1, 0.15) is 11.1 Å². The summed E-state index contributed by atoms with van der Waals surface area (Å²) in [5.74, 6) is -0.454. The summed E-state index contributed by atoms with van der Waals surface area (Å²) in [6, 6.07) is 6.02. The molecule has 0 spiro atoms. The zero-order valence-corrected chi connectivity index (χ0v) is 9.59. The summed E-state index contributed by atoms with van der Waals surface area (Å²) in [6.07, 6.45) is 0. The maximum absolute atomic E-state index is 13.4. The van der Waals surface area contributed by atoms with Crippen LogP contribution in [-0.2, 0) is 5.75 Å². The largest absolute Gasteiger partial charge is 0.370 e. The topological polar surface area (TPSA) is 112 Å². The van der Waals surface area contributed by atoms with Gasteiger partial charge in [0.15, 0.2) is 11.1 Å². The molecule has 0 atom stereocenters. The third kappa shape index (κ3) is 4.12. The maximum atomic E-state index is 13.4. The van der Waals surface area contributed by atoms with Crippen molar-refractivity contribution in [2.24, 2.45) is 16.5 Å². The number of guanidine groups is 1. The van der Waals surface area contributed by atoms with E-state index in [1.807, 2.05) is 6.07 Å². The Kier molecular flexibility index (Phi) is 4.48. The number of halogens is 1. The summed E-state index contributed by atoms with van der Waals surface area (Å²) in [4.78, 5) is 3.50. The van der Waals surface area contributed by atoms with Crippen molar-refractivity contribution >= 4 is 22.9 Å². The predicted octanol–water partition coefficient (Wildman–Crippen LogP) is 1.14. The summed E-state index contributed by atoms with van der Waals surface area (Å²) in [6.45, 7) is 0. The molecule has 7 heteroatoms. The minimum atomic E-state index is -0.478. The van der Waals surface area contributed by atoms with E-state index in [1.165, 1.54) is 12.1 Å². The Morgan fingerprint density at radius 1 is 1.53 bits per heavy atom. The Balaban J connectivity index is 2.68. The molecule has 1 aromatic carbocycles. The van der Waals surface area contributed by atoms with E-state index in [2.05, 4.69) is 4.99 Å². The Morgan fingerprint density at radius 2 is 2.24 bits per heavy atom. The second-order valence-electron chi connectivity index (χ2n) is 3.05. The minimum absolute atomic E-state index is 0.0891. The van der Waals surface area contributed by atoms with Gasteiger partial charge in [-0.05, 0) is 17.7 Å². The van der Waals surface area contributed by atoms with Gasteiger partial charge in [-0.2, -0.15) is 10.3 Å². The molecular weight excluding hydrogens is 241 g/mol. The molecule has 88 valence electrons. The smallest absolute Gasteiger partial charge is 0.193 e. The first kappa shape index (κ1) is 13.0. The van der Waals surface area contributed by atoms with Crippen LogP contribution in [0.15, 0.2) is 23.2 Å². The average molecular weight is 251 g/mol. The number of thioether (sulfide) groups is 1. The Hall–Kier alpha value is -2.07. The molecule has 1 rings (SSSR count). The molecule has 5 N–H and O–H groups in total. The summed E-state index contributed by atoms with van der Waals surface area (Å²) < 4.78 is 13.4. The van der Waals surface area contributed by atoms with E-state index in [1.54, 1.807) is 0 Å². The second kappa shape index (κ2) is 5.86. The van der Waals surface area contributed by atoms with Gasteiger partial charge in [0.1, 0.15) is 5.82 Å². The fraction of sp³-hybridized carbons (Fsp3) is 0.100. The predicted molar refractivity (Wildman–Crippen MR) is 65.9 cm³/mol. The van der Waals surface area contributed by atoms with Gasteiger partial charge in [0.25, 0.3) is 0 Å². The number of nitriles is 1. The molecule has 0 unspecified atom stereocenters. The fourth-order valence-electron chi connectivity index (χ4n) is 1.03. The highest BCUT2D eigenvalue weighted by Gasteiger charge is 2.05. The normalized spacial score (nSPS) is 9.41. The minimum Gasteiger partial charge on any atom is -0.370 e. The number of aliphatic imine (C=N–C) groups is 1. The van der Waals surface area contributed by atoms with Gasteiger partial charge in [0.2, 0.25) is 0 Å². The molecule has 1 aromatic rings. The van der Waals surface area contributed by atoms with Crippen molar-refractivity contribution < 1.29 is 4.39 Å². The van der Waals surface area contributed by atoms with Gasteiger partial charge in [-0.25, -0.2) is 4.39 Å². The van der Waals surface area contributed by atoms with Gasteiger partial charge < -0.3 is 11.5 Å². The number of nitrogens with zero attached hydrogens (tertiary/aromatic N) is 2. The fourth-order valence-corrected chi connectivity index (χ4v) is 1.73. The van der Waals surface area contributed by atoms with Crippen LogP contribution in [0.2, 0.25) is 0 Å². The summed E-state index contributed by atoms with van der Waals surface area (Å²) in [5.41, 5.74) is 10.8. The monoisotopic (exact) mass is 251 g/mol. The van der Waals surface area contributed by atoms with E-state index in [-0.39, 0.29) is 22.4 Å². The van der Waals surface area contributed by atoms with Gasteiger partial charge in [-0.3, -0.25) is 5.41 Å². The first-order valence-electron chi connectivity index (χ1n) is 4.52. The molecular formula is C10H10FN5S. The van der Waals surface area contributed by atoms with Gasteiger partial charge in [-0.15, -0.1) is 0 Å². The van der Waals surface area contributed by atoms with Crippen LogP contribution < -0.4 is 11.5 Å². The summed E-state index contributed by atoms with van der Waals surface area (Å²) in [5, 5.41) is 15.8. The second-order valence-corrected chi connectivity index (χ2v) is 4.01. The number of benzene rings is 1. The van der Waals surface area contributed by atoms with E-state index in [9.17, 15) is 4.39 Å². The molecule has 0 aliphatic carbocycles. The van der Waals surface area contributed by atoms with Crippen molar-refractivity contribution in [1.29, 1.82) is 10.7 Å². The molecule has 0 fully saturated rings. The van der Waals surface area contributed by atoms with Crippen LogP contribution in [0, 0.1) is 22.6 Å². The number of hydrogen-bond acceptors (Lipinski definition) is 3. The highest BCUT2D eigenvalue weighted by Crippen LogP contribution is 2.17. The average Bonchev–Trinajstić information content (AvgIpc) is 2.26. The zero-order valence-electron chi connectivity index (χ0n) is 8.77. The van der Waals surface area contributed by atoms with Gasteiger partial charge >= 0.3 is 0 Å².